The number of rotatable bonds is 2. The molecule has 5 heterocycles. The standard InChI is InChI=1S/C27H18N4O2/c32-27(33)17-3-1-16(2-4-17)25-14-24-13-22-8-7-20(29-22)11-18-5-6-19(28-18)12-21-9-10-23(30-21)15-26(25)31-24/h1-15,29-30H,(H,32,33). The van der Waals surface area contributed by atoms with Crippen molar-refractivity contribution in [1.29, 1.82) is 0 Å². The van der Waals surface area contributed by atoms with Gasteiger partial charge in [0.2, 0.25) is 0 Å². The number of carbonyl (C=O) groups is 1. The molecule has 0 saturated heterocycles. The Labute approximate surface area is 188 Å². The summed E-state index contributed by atoms with van der Waals surface area (Å²) in [6.45, 7) is 0. The third kappa shape index (κ3) is 3.74. The molecule has 0 aliphatic carbocycles. The highest BCUT2D eigenvalue weighted by Gasteiger charge is 2.13. The van der Waals surface area contributed by atoms with E-state index in [0.29, 0.717) is 0 Å². The van der Waals surface area contributed by atoms with Gasteiger partial charge in [0.15, 0.2) is 0 Å². The van der Waals surface area contributed by atoms with Crippen LogP contribution >= 0.6 is 0 Å². The minimum atomic E-state index is -0.943. The van der Waals surface area contributed by atoms with Crippen LogP contribution in [0.1, 0.15) is 38.7 Å². The van der Waals surface area contributed by atoms with Gasteiger partial charge in [0.25, 0.3) is 0 Å². The molecule has 2 aliphatic heterocycles. The van der Waals surface area contributed by atoms with Gasteiger partial charge in [0, 0.05) is 27.6 Å². The molecule has 8 bridgehead atoms. The van der Waals surface area contributed by atoms with Crippen LogP contribution in [-0.2, 0) is 0 Å². The Bertz CT molecular complexity index is 1640. The van der Waals surface area contributed by atoms with Gasteiger partial charge in [0.05, 0.1) is 28.3 Å². The monoisotopic (exact) mass is 430 g/mol. The molecule has 0 unspecified atom stereocenters. The molecule has 0 amide bonds. The molecule has 6 rings (SSSR count). The molecule has 0 radical (unpaired) electrons. The summed E-state index contributed by atoms with van der Waals surface area (Å²) in [5, 5.41) is 9.23. The number of aromatic nitrogens is 4. The molecule has 0 spiro atoms. The van der Waals surface area contributed by atoms with E-state index in [1.807, 2.05) is 78.9 Å². The van der Waals surface area contributed by atoms with Crippen molar-refractivity contribution >= 4 is 51.8 Å². The first kappa shape index (κ1) is 19.0. The maximum atomic E-state index is 11.2. The van der Waals surface area contributed by atoms with Gasteiger partial charge in [-0.25, -0.2) is 14.8 Å². The summed E-state index contributed by atoms with van der Waals surface area (Å²) in [4.78, 5) is 27.6. The molecule has 6 heteroatoms. The molecule has 0 atom stereocenters. The topological polar surface area (TPSA) is 94.7 Å². The first-order valence-corrected chi connectivity index (χ1v) is 10.5. The molecule has 1 aromatic carbocycles. The van der Waals surface area contributed by atoms with Crippen LogP contribution < -0.4 is 0 Å². The molecule has 0 saturated carbocycles. The van der Waals surface area contributed by atoms with Crippen LogP contribution in [0.4, 0.5) is 0 Å². The molecule has 4 aromatic rings. The minimum absolute atomic E-state index is 0.255. The van der Waals surface area contributed by atoms with E-state index in [4.69, 9.17) is 4.98 Å². The van der Waals surface area contributed by atoms with Crippen LogP contribution in [0.25, 0.3) is 45.9 Å². The SMILES string of the molecule is O=C(O)c1ccc(C2=Cc3cc4ccc(cc5nc(cc6ccc(cc2n3)[nH]6)C=C5)[nH]4)cc1. The first-order chi connectivity index (χ1) is 16.1. The highest BCUT2D eigenvalue weighted by molar-refractivity contribution is 5.95. The van der Waals surface area contributed by atoms with Crippen molar-refractivity contribution in [3.8, 4) is 0 Å². The Kier molecular flexibility index (Phi) is 4.30. The zero-order chi connectivity index (χ0) is 22.4. The molecular formula is C27H18N4O2. The van der Waals surface area contributed by atoms with E-state index < -0.39 is 5.97 Å². The number of nitrogens with zero attached hydrogens (tertiary/aromatic N) is 2. The smallest absolute Gasteiger partial charge is 0.335 e. The van der Waals surface area contributed by atoms with E-state index >= 15 is 0 Å². The van der Waals surface area contributed by atoms with E-state index in [1.165, 1.54) is 0 Å². The lowest BCUT2D eigenvalue weighted by Crippen LogP contribution is -1.96. The predicted molar refractivity (Wildman–Crippen MR) is 130 cm³/mol. The number of hydrogen-bond donors (Lipinski definition) is 3. The fourth-order valence-electron chi connectivity index (χ4n) is 4.04. The van der Waals surface area contributed by atoms with Gasteiger partial charge in [0.1, 0.15) is 0 Å². The summed E-state index contributed by atoms with van der Waals surface area (Å²) < 4.78 is 0. The van der Waals surface area contributed by atoms with Crippen LogP contribution in [0.3, 0.4) is 0 Å². The van der Waals surface area contributed by atoms with E-state index in [2.05, 4.69) is 15.0 Å². The van der Waals surface area contributed by atoms with Crippen molar-refractivity contribution in [2.45, 2.75) is 0 Å². The molecule has 2 aliphatic rings. The number of benzene rings is 1. The van der Waals surface area contributed by atoms with Crippen molar-refractivity contribution in [2.75, 3.05) is 0 Å². The van der Waals surface area contributed by atoms with Gasteiger partial charge in [-0.15, -0.1) is 0 Å². The Balaban J connectivity index is 1.59. The summed E-state index contributed by atoms with van der Waals surface area (Å²) in [6, 6.07) is 22.9. The normalized spacial score (nSPS) is 12.5. The van der Waals surface area contributed by atoms with Crippen molar-refractivity contribution in [2.24, 2.45) is 0 Å². The third-order valence-corrected chi connectivity index (χ3v) is 5.61. The quantitative estimate of drug-likeness (QED) is 0.325. The first-order valence-electron chi connectivity index (χ1n) is 10.5. The second kappa shape index (κ2) is 7.46. The summed E-state index contributed by atoms with van der Waals surface area (Å²) >= 11 is 0. The van der Waals surface area contributed by atoms with Crippen LogP contribution in [0.2, 0.25) is 0 Å². The zero-order valence-electron chi connectivity index (χ0n) is 17.4. The van der Waals surface area contributed by atoms with Crippen molar-refractivity contribution in [3.63, 3.8) is 0 Å². The van der Waals surface area contributed by atoms with Gasteiger partial charge in [-0.2, -0.15) is 0 Å². The Morgan fingerprint density at radius 2 is 1.21 bits per heavy atom. The number of hydrogen-bond acceptors (Lipinski definition) is 3. The fraction of sp³-hybridized carbons (Fsp3) is 0. The maximum Gasteiger partial charge on any atom is 0.335 e. The number of fused-ring (bicyclic) bond motifs is 8. The van der Waals surface area contributed by atoms with Gasteiger partial charge >= 0.3 is 5.97 Å². The highest BCUT2D eigenvalue weighted by Crippen LogP contribution is 2.29. The Morgan fingerprint density at radius 3 is 1.79 bits per heavy atom. The minimum Gasteiger partial charge on any atom is -0.478 e. The number of aromatic amines is 2. The van der Waals surface area contributed by atoms with E-state index in [1.54, 1.807) is 12.1 Å². The van der Waals surface area contributed by atoms with Gasteiger partial charge in [-0.05, 0) is 84.5 Å². The number of carboxylic acids is 1. The third-order valence-electron chi connectivity index (χ3n) is 5.61. The van der Waals surface area contributed by atoms with Crippen molar-refractivity contribution in [1.82, 2.24) is 19.9 Å². The summed E-state index contributed by atoms with van der Waals surface area (Å²) in [7, 11) is 0. The van der Waals surface area contributed by atoms with Crippen LogP contribution in [0.15, 0.2) is 72.8 Å². The van der Waals surface area contributed by atoms with Gasteiger partial charge < -0.3 is 15.1 Å². The van der Waals surface area contributed by atoms with Gasteiger partial charge in [-0.3, -0.25) is 0 Å². The van der Waals surface area contributed by atoms with Gasteiger partial charge in [-0.1, -0.05) is 12.1 Å². The van der Waals surface area contributed by atoms with Crippen molar-refractivity contribution in [3.05, 3.63) is 107 Å². The predicted octanol–water partition coefficient (Wildman–Crippen LogP) is 5.77. The highest BCUT2D eigenvalue weighted by atomic mass is 16.4. The molecule has 33 heavy (non-hydrogen) atoms. The number of H-pyrrole nitrogens is 2. The molecule has 0 fully saturated rings. The lowest BCUT2D eigenvalue weighted by Gasteiger charge is -2.03. The summed E-state index contributed by atoms with van der Waals surface area (Å²) in [5.74, 6) is -0.943. The summed E-state index contributed by atoms with van der Waals surface area (Å²) in [6.07, 6.45) is 6.01. The van der Waals surface area contributed by atoms with Crippen LogP contribution in [-0.4, -0.2) is 31.0 Å². The number of aromatic carboxylic acids is 1. The van der Waals surface area contributed by atoms with Crippen molar-refractivity contribution < 1.29 is 9.90 Å². The van der Waals surface area contributed by atoms with Crippen LogP contribution in [0, 0.1) is 0 Å². The Morgan fingerprint density at radius 1 is 0.667 bits per heavy atom. The molecule has 3 aromatic heterocycles. The average molecular weight is 430 g/mol. The molecular weight excluding hydrogens is 412 g/mol. The number of carboxylic acid groups (broad SMARTS) is 1. The molecule has 158 valence electrons. The fourth-order valence-corrected chi connectivity index (χ4v) is 4.04. The van der Waals surface area contributed by atoms with Crippen LogP contribution in [0.5, 0.6) is 0 Å². The second-order valence-corrected chi connectivity index (χ2v) is 7.97. The lowest BCUT2D eigenvalue weighted by molar-refractivity contribution is 0.0697. The van der Waals surface area contributed by atoms with E-state index in [0.717, 1.165) is 56.0 Å². The lowest BCUT2D eigenvalue weighted by atomic mass is 10.0. The maximum absolute atomic E-state index is 11.2. The zero-order valence-corrected chi connectivity index (χ0v) is 17.4. The summed E-state index contributed by atoms with van der Waals surface area (Å²) in [5.41, 5.74) is 9.24. The Hall–Kier alpha value is -4.71. The number of nitrogens with one attached hydrogen (secondary N) is 2. The molecule has 3 N–H and O–H groups in total. The average Bonchev–Trinajstić information content (AvgIpc) is 3.59. The largest absolute Gasteiger partial charge is 0.478 e. The second-order valence-electron chi connectivity index (χ2n) is 7.97. The van der Waals surface area contributed by atoms with E-state index in [-0.39, 0.29) is 5.56 Å². The molecule has 6 nitrogen and oxygen atoms in total. The van der Waals surface area contributed by atoms with E-state index in [9.17, 15) is 9.90 Å².